The number of fused-ring (bicyclic) bond motifs is 1. The largest absolute Gasteiger partial charge is 0.352 e. The summed E-state index contributed by atoms with van der Waals surface area (Å²) < 4.78 is 0. The van der Waals surface area contributed by atoms with Crippen molar-refractivity contribution in [1.29, 1.82) is 0 Å². The quantitative estimate of drug-likeness (QED) is 0.905. The minimum atomic E-state index is -0.130. The lowest BCUT2D eigenvalue weighted by molar-refractivity contribution is -0.134. The topological polar surface area (TPSA) is 49.4 Å². The Morgan fingerprint density at radius 1 is 1.25 bits per heavy atom. The number of carbonyl (C=O) groups excluding carboxylic acids is 2. The van der Waals surface area contributed by atoms with E-state index in [0.29, 0.717) is 18.5 Å². The highest BCUT2D eigenvalue weighted by Crippen LogP contribution is 2.35. The van der Waals surface area contributed by atoms with Crippen LogP contribution in [0.15, 0.2) is 41.8 Å². The fourth-order valence-electron chi connectivity index (χ4n) is 3.25. The number of carbonyl (C=O) groups is 2. The number of hydrogen-bond donors (Lipinski definition) is 1. The highest BCUT2D eigenvalue weighted by atomic mass is 32.1. The van der Waals surface area contributed by atoms with E-state index in [1.54, 1.807) is 23.5 Å². The van der Waals surface area contributed by atoms with Crippen molar-refractivity contribution < 1.29 is 9.59 Å². The molecule has 1 N–H and O–H groups in total. The van der Waals surface area contributed by atoms with Gasteiger partial charge in [-0.2, -0.15) is 0 Å². The maximum absolute atomic E-state index is 12.6. The van der Waals surface area contributed by atoms with Gasteiger partial charge < -0.3 is 10.2 Å². The van der Waals surface area contributed by atoms with Gasteiger partial charge in [-0.05, 0) is 42.0 Å². The molecule has 1 aliphatic heterocycles. The molecular weight excluding hydrogens is 320 g/mol. The Morgan fingerprint density at radius 2 is 2.04 bits per heavy atom. The lowest BCUT2D eigenvalue weighted by Crippen LogP contribution is -2.40. The first-order chi connectivity index (χ1) is 11.7. The molecule has 1 aromatic carbocycles. The van der Waals surface area contributed by atoms with Crippen LogP contribution in [0.4, 0.5) is 0 Å². The van der Waals surface area contributed by atoms with Crippen molar-refractivity contribution in [3.8, 4) is 0 Å². The van der Waals surface area contributed by atoms with Crippen LogP contribution < -0.4 is 5.32 Å². The van der Waals surface area contributed by atoms with Crippen molar-refractivity contribution in [1.82, 2.24) is 10.2 Å². The zero-order valence-electron chi connectivity index (χ0n) is 13.8. The third-order valence-electron chi connectivity index (χ3n) is 4.46. The monoisotopic (exact) mass is 342 g/mol. The predicted octanol–water partition coefficient (Wildman–Crippen LogP) is 3.40. The smallest absolute Gasteiger partial charge is 0.251 e. The minimum Gasteiger partial charge on any atom is -0.352 e. The summed E-state index contributed by atoms with van der Waals surface area (Å²) >= 11 is 1.78. The molecule has 1 unspecified atom stereocenters. The Labute approximate surface area is 146 Å². The summed E-state index contributed by atoms with van der Waals surface area (Å²) in [7, 11) is 0. The number of amides is 2. The molecule has 0 radical (unpaired) electrons. The first-order valence-corrected chi connectivity index (χ1v) is 9.27. The Kier molecular flexibility index (Phi) is 5.30. The summed E-state index contributed by atoms with van der Waals surface area (Å²) in [6.07, 6.45) is 2.20. The fraction of sp³-hybridized carbons (Fsp3) is 0.368. The lowest BCUT2D eigenvalue weighted by atomic mass is 9.97. The molecule has 0 fully saturated rings. The maximum Gasteiger partial charge on any atom is 0.251 e. The molecule has 2 heterocycles. The van der Waals surface area contributed by atoms with Gasteiger partial charge in [0.1, 0.15) is 0 Å². The van der Waals surface area contributed by atoms with Crippen LogP contribution >= 0.6 is 11.3 Å². The molecular formula is C19H22N2O2S. The second kappa shape index (κ2) is 7.62. The fourth-order valence-corrected chi connectivity index (χ4v) is 4.18. The van der Waals surface area contributed by atoms with E-state index in [-0.39, 0.29) is 17.9 Å². The maximum atomic E-state index is 12.6. The van der Waals surface area contributed by atoms with Crippen LogP contribution in [0.5, 0.6) is 0 Å². The number of benzene rings is 1. The molecule has 4 nitrogen and oxygen atoms in total. The molecule has 0 spiro atoms. The molecule has 126 valence electrons. The molecule has 24 heavy (non-hydrogen) atoms. The van der Waals surface area contributed by atoms with E-state index in [1.807, 2.05) is 23.1 Å². The predicted molar refractivity (Wildman–Crippen MR) is 96.2 cm³/mol. The average Bonchev–Trinajstić information content (AvgIpc) is 3.10. The molecule has 5 heteroatoms. The van der Waals surface area contributed by atoms with E-state index in [4.69, 9.17) is 0 Å². The van der Waals surface area contributed by atoms with Gasteiger partial charge in [0.05, 0.1) is 6.04 Å². The van der Waals surface area contributed by atoms with Crippen molar-refractivity contribution in [2.45, 2.75) is 32.2 Å². The van der Waals surface area contributed by atoms with Gasteiger partial charge in [0.2, 0.25) is 5.91 Å². The van der Waals surface area contributed by atoms with Gasteiger partial charge in [-0.15, -0.1) is 11.3 Å². The molecule has 1 atom stereocenters. The average molecular weight is 342 g/mol. The number of rotatable bonds is 5. The second-order valence-corrected chi connectivity index (χ2v) is 6.93. The van der Waals surface area contributed by atoms with Crippen molar-refractivity contribution in [2.75, 3.05) is 13.1 Å². The first kappa shape index (κ1) is 16.7. The van der Waals surface area contributed by atoms with Crippen LogP contribution in [0.25, 0.3) is 0 Å². The van der Waals surface area contributed by atoms with Gasteiger partial charge >= 0.3 is 0 Å². The highest BCUT2D eigenvalue weighted by molar-refractivity contribution is 7.10. The second-order valence-electron chi connectivity index (χ2n) is 5.93. The van der Waals surface area contributed by atoms with Crippen molar-refractivity contribution in [2.24, 2.45) is 0 Å². The SMILES string of the molecule is CCC1c2ccsc2CCN1C(=O)CCNC(=O)c1ccccc1. The highest BCUT2D eigenvalue weighted by Gasteiger charge is 2.29. The zero-order valence-corrected chi connectivity index (χ0v) is 14.6. The standard InChI is InChI=1S/C19H22N2O2S/c1-2-16-15-10-13-24-17(15)9-12-21(16)18(22)8-11-20-19(23)14-6-4-3-5-7-14/h3-7,10,13,16H,2,8-9,11-12H2,1H3,(H,20,23). The van der Waals surface area contributed by atoms with Gasteiger partial charge in [-0.25, -0.2) is 0 Å². The van der Waals surface area contributed by atoms with Crippen molar-refractivity contribution in [3.05, 3.63) is 57.8 Å². The van der Waals surface area contributed by atoms with Crippen molar-refractivity contribution in [3.63, 3.8) is 0 Å². The Balaban J connectivity index is 1.55. The molecule has 0 bridgehead atoms. The molecule has 2 aromatic rings. The molecule has 0 saturated heterocycles. The minimum absolute atomic E-state index is 0.118. The zero-order chi connectivity index (χ0) is 16.9. The van der Waals surface area contributed by atoms with Crippen molar-refractivity contribution >= 4 is 23.2 Å². The number of thiophene rings is 1. The molecule has 1 aromatic heterocycles. The van der Waals surface area contributed by atoms with E-state index in [2.05, 4.69) is 23.7 Å². The summed E-state index contributed by atoms with van der Waals surface area (Å²) in [5.41, 5.74) is 1.92. The summed E-state index contributed by atoms with van der Waals surface area (Å²) in [5, 5.41) is 4.94. The summed E-state index contributed by atoms with van der Waals surface area (Å²) in [5.74, 6) is -0.0127. The van der Waals surface area contributed by atoms with Crippen LogP contribution in [0.1, 0.15) is 46.6 Å². The van der Waals surface area contributed by atoms with Crippen LogP contribution in [0.2, 0.25) is 0 Å². The van der Waals surface area contributed by atoms with Gasteiger partial charge in [0, 0.05) is 30.0 Å². The molecule has 3 rings (SSSR count). The van der Waals surface area contributed by atoms with E-state index in [0.717, 1.165) is 19.4 Å². The van der Waals surface area contributed by atoms with Crippen LogP contribution in [0.3, 0.4) is 0 Å². The Bertz CT molecular complexity index is 711. The molecule has 1 aliphatic rings. The first-order valence-electron chi connectivity index (χ1n) is 8.39. The third-order valence-corrected chi connectivity index (χ3v) is 5.46. The Morgan fingerprint density at radius 3 is 2.79 bits per heavy atom. The number of hydrogen-bond acceptors (Lipinski definition) is 3. The van der Waals surface area contributed by atoms with Gasteiger partial charge in [0.25, 0.3) is 5.91 Å². The van der Waals surface area contributed by atoms with Gasteiger partial charge in [0.15, 0.2) is 0 Å². The van der Waals surface area contributed by atoms with Crippen LogP contribution in [-0.4, -0.2) is 29.8 Å². The van der Waals surface area contributed by atoms with Crippen LogP contribution in [-0.2, 0) is 11.2 Å². The van der Waals surface area contributed by atoms with E-state index in [9.17, 15) is 9.59 Å². The number of nitrogens with zero attached hydrogens (tertiary/aromatic N) is 1. The number of nitrogens with one attached hydrogen (secondary N) is 1. The normalized spacial score (nSPS) is 16.5. The molecule has 0 saturated carbocycles. The summed E-state index contributed by atoms with van der Waals surface area (Å²) in [4.78, 5) is 28.0. The third kappa shape index (κ3) is 3.51. The Hall–Kier alpha value is -2.14. The van der Waals surface area contributed by atoms with E-state index >= 15 is 0 Å². The van der Waals surface area contributed by atoms with Crippen LogP contribution in [0, 0.1) is 0 Å². The van der Waals surface area contributed by atoms with Gasteiger partial charge in [-0.3, -0.25) is 9.59 Å². The van der Waals surface area contributed by atoms with E-state index < -0.39 is 0 Å². The van der Waals surface area contributed by atoms with Gasteiger partial charge in [-0.1, -0.05) is 25.1 Å². The summed E-state index contributed by atoms with van der Waals surface area (Å²) in [6.45, 7) is 3.27. The summed E-state index contributed by atoms with van der Waals surface area (Å²) in [6, 6.07) is 11.4. The van der Waals surface area contributed by atoms with E-state index in [1.165, 1.54) is 10.4 Å². The lowest BCUT2D eigenvalue weighted by Gasteiger charge is -2.35. The molecule has 0 aliphatic carbocycles. The molecule has 2 amide bonds.